The van der Waals surface area contributed by atoms with Gasteiger partial charge in [-0.2, -0.15) is 13.2 Å². The minimum atomic E-state index is -4.96. The quantitative estimate of drug-likeness (QED) is 0.663. The number of rotatable bonds is 5. The second kappa shape index (κ2) is 8.66. The van der Waals surface area contributed by atoms with Crippen LogP contribution in [0, 0.1) is 11.7 Å². The number of amides is 2. The van der Waals surface area contributed by atoms with Crippen molar-refractivity contribution in [3.8, 4) is 0 Å². The van der Waals surface area contributed by atoms with E-state index in [-0.39, 0.29) is 12.0 Å². The maximum Gasteiger partial charge on any atom is 0.417 e. The molecular formula is C17H20F4N2O4. The fraction of sp³-hybridized carbons (Fsp3) is 0.529. The van der Waals surface area contributed by atoms with E-state index >= 15 is 0 Å². The predicted molar refractivity (Wildman–Crippen MR) is 86.3 cm³/mol. The number of hydrogen-bond donors (Lipinski definition) is 3. The van der Waals surface area contributed by atoms with Crippen LogP contribution in [-0.4, -0.2) is 49.3 Å². The zero-order valence-electron chi connectivity index (χ0n) is 14.5. The number of likely N-dealkylation sites (N-methyl/N-ethyl adjacent to an activating group) is 1. The molecule has 27 heavy (non-hydrogen) atoms. The van der Waals surface area contributed by atoms with Crippen molar-refractivity contribution in [1.82, 2.24) is 10.6 Å². The summed E-state index contributed by atoms with van der Waals surface area (Å²) in [6, 6.07) is 0.152. The number of halogens is 4. The third-order valence-electron chi connectivity index (χ3n) is 4.44. The van der Waals surface area contributed by atoms with Gasteiger partial charge in [0.2, 0.25) is 5.91 Å². The van der Waals surface area contributed by atoms with E-state index in [2.05, 4.69) is 10.6 Å². The van der Waals surface area contributed by atoms with E-state index in [1.54, 1.807) is 0 Å². The normalized spacial score (nSPS) is 17.9. The topological polar surface area (TPSA) is 87.7 Å². The number of nitrogens with one attached hydrogen (secondary N) is 2. The van der Waals surface area contributed by atoms with Gasteiger partial charge in [0.15, 0.2) is 0 Å². The third kappa shape index (κ3) is 5.16. The molecule has 0 aliphatic carbocycles. The molecule has 6 nitrogen and oxygen atoms in total. The van der Waals surface area contributed by atoms with Crippen molar-refractivity contribution in [2.45, 2.75) is 31.2 Å². The average molecular weight is 392 g/mol. The summed E-state index contributed by atoms with van der Waals surface area (Å²) in [7, 11) is 1.28. The minimum Gasteiger partial charge on any atom is -0.390 e. The van der Waals surface area contributed by atoms with Crippen LogP contribution >= 0.6 is 0 Å². The molecule has 1 saturated heterocycles. The molecule has 0 radical (unpaired) electrons. The molecule has 1 fully saturated rings. The fourth-order valence-corrected chi connectivity index (χ4v) is 2.96. The number of ether oxygens (including phenoxy) is 1. The van der Waals surface area contributed by atoms with Gasteiger partial charge in [-0.15, -0.1) is 0 Å². The Kier molecular flexibility index (Phi) is 6.77. The molecule has 2 unspecified atom stereocenters. The van der Waals surface area contributed by atoms with Gasteiger partial charge < -0.3 is 20.5 Å². The summed E-state index contributed by atoms with van der Waals surface area (Å²) < 4.78 is 57.7. The van der Waals surface area contributed by atoms with Gasteiger partial charge in [0.25, 0.3) is 5.91 Å². The van der Waals surface area contributed by atoms with Crippen LogP contribution in [0.2, 0.25) is 0 Å². The van der Waals surface area contributed by atoms with Crippen LogP contribution < -0.4 is 10.6 Å². The number of hydrogen-bond acceptors (Lipinski definition) is 4. The molecule has 150 valence electrons. The lowest BCUT2D eigenvalue weighted by Crippen LogP contribution is -2.55. The molecule has 2 amide bonds. The van der Waals surface area contributed by atoms with Gasteiger partial charge in [-0.05, 0) is 37.0 Å². The summed E-state index contributed by atoms with van der Waals surface area (Å²) in [5.74, 6) is -3.50. The van der Waals surface area contributed by atoms with Crippen molar-refractivity contribution in [1.29, 1.82) is 0 Å². The molecule has 1 aliphatic rings. The Bertz CT molecular complexity index is 690. The Morgan fingerprint density at radius 2 is 1.89 bits per heavy atom. The highest BCUT2D eigenvalue weighted by Gasteiger charge is 2.38. The Hall–Kier alpha value is -2.20. The molecule has 0 saturated carbocycles. The van der Waals surface area contributed by atoms with Crippen LogP contribution in [0.5, 0.6) is 0 Å². The molecule has 2 atom stereocenters. The van der Waals surface area contributed by atoms with E-state index in [1.165, 1.54) is 7.05 Å². The highest BCUT2D eigenvalue weighted by atomic mass is 19.4. The summed E-state index contributed by atoms with van der Waals surface area (Å²) in [6.07, 6.45) is -5.40. The van der Waals surface area contributed by atoms with E-state index < -0.39 is 47.1 Å². The van der Waals surface area contributed by atoms with E-state index in [0.29, 0.717) is 38.2 Å². The minimum absolute atomic E-state index is 0.207. The lowest BCUT2D eigenvalue weighted by molar-refractivity contribution is -0.138. The molecule has 10 heteroatoms. The number of carbonyl (C=O) groups is 2. The third-order valence-corrected chi connectivity index (χ3v) is 4.44. The second-order valence-electron chi connectivity index (χ2n) is 6.19. The van der Waals surface area contributed by atoms with Gasteiger partial charge in [0, 0.05) is 20.3 Å². The lowest BCUT2D eigenvalue weighted by atomic mass is 9.88. The Morgan fingerprint density at radius 3 is 2.44 bits per heavy atom. The molecule has 1 aromatic rings. The predicted octanol–water partition coefficient (Wildman–Crippen LogP) is 1.48. The number of aliphatic hydroxyl groups is 1. The van der Waals surface area contributed by atoms with Crippen molar-refractivity contribution in [2.75, 3.05) is 20.3 Å². The van der Waals surface area contributed by atoms with Crippen LogP contribution in [0.15, 0.2) is 18.2 Å². The van der Waals surface area contributed by atoms with Crippen molar-refractivity contribution < 1.29 is 37.0 Å². The van der Waals surface area contributed by atoms with Crippen molar-refractivity contribution in [3.05, 3.63) is 35.1 Å². The smallest absolute Gasteiger partial charge is 0.390 e. The summed E-state index contributed by atoms with van der Waals surface area (Å²) in [5.41, 5.74) is -2.30. The van der Waals surface area contributed by atoms with Crippen LogP contribution in [-0.2, 0) is 15.7 Å². The van der Waals surface area contributed by atoms with Crippen LogP contribution in [0.1, 0.15) is 28.8 Å². The maximum atomic E-state index is 13.2. The van der Waals surface area contributed by atoms with Crippen molar-refractivity contribution in [3.63, 3.8) is 0 Å². The first kappa shape index (κ1) is 21.1. The molecule has 1 aliphatic heterocycles. The highest BCUT2D eigenvalue weighted by molar-refractivity contribution is 5.99. The lowest BCUT2D eigenvalue weighted by Gasteiger charge is -2.32. The van der Waals surface area contributed by atoms with Gasteiger partial charge in [-0.25, -0.2) is 4.39 Å². The summed E-state index contributed by atoms with van der Waals surface area (Å²) >= 11 is 0. The van der Waals surface area contributed by atoms with E-state index in [4.69, 9.17) is 4.74 Å². The van der Waals surface area contributed by atoms with E-state index in [9.17, 15) is 32.3 Å². The van der Waals surface area contributed by atoms with Crippen molar-refractivity contribution >= 4 is 11.8 Å². The Balaban J connectivity index is 2.27. The molecule has 1 aromatic carbocycles. The molecular weight excluding hydrogens is 372 g/mol. The first-order chi connectivity index (χ1) is 12.6. The Morgan fingerprint density at radius 1 is 1.26 bits per heavy atom. The molecule has 1 heterocycles. The van der Waals surface area contributed by atoms with Gasteiger partial charge in [0.1, 0.15) is 11.9 Å². The summed E-state index contributed by atoms with van der Waals surface area (Å²) in [5, 5.41) is 14.9. The zero-order chi connectivity index (χ0) is 20.2. The van der Waals surface area contributed by atoms with Gasteiger partial charge in [-0.3, -0.25) is 9.59 Å². The number of benzene rings is 1. The molecule has 0 spiro atoms. The number of alkyl halides is 3. The summed E-state index contributed by atoms with van der Waals surface area (Å²) in [4.78, 5) is 24.5. The molecule has 0 bridgehead atoms. The molecule has 3 N–H and O–H groups in total. The highest BCUT2D eigenvalue weighted by Crippen LogP contribution is 2.32. The van der Waals surface area contributed by atoms with Crippen LogP contribution in [0.4, 0.5) is 17.6 Å². The van der Waals surface area contributed by atoms with Crippen molar-refractivity contribution in [2.24, 2.45) is 5.92 Å². The number of aliphatic hydroxyl groups excluding tert-OH is 1. The maximum absolute atomic E-state index is 13.2. The molecule has 0 aromatic heterocycles. The Labute approximate surface area is 152 Å². The monoisotopic (exact) mass is 392 g/mol. The first-order valence-electron chi connectivity index (χ1n) is 8.30. The van der Waals surface area contributed by atoms with E-state index in [0.717, 1.165) is 0 Å². The van der Waals surface area contributed by atoms with Gasteiger partial charge in [0.05, 0.1) is 17.2 Å². The standard InChI is InChI=1S/C17H20F4N2O4/c1-22-16(26)13(14(24)9-4-6-27-7-5-9)23-15(25)11-3-2-10(18)8-12(11)17(19,20)21/h2-3,8-9,13-14,24H,4-7H2,1H3,(H,22,26)(H,23,25). The SMILES string of the molecule is CNC(=O)C(NC(=O)c1ccc(F)cc1C(F)(F)F)C(O)C1CCOCC1. The number of carbonyl (C=O) groups excluding carboxylic acids is 2. The second-order valence-corrected chi connectivity index (χ2v) is 6.19. The van der Waals surface area contributed by atoms with Crippen LogP contribution in [0.25, 0.3) is 0 Å². The summed E-state index contributed by atoms with van der Waals surface area (Å²) in [6.45, 7) is 0.735. The van der Waals surface area contributed by atoms with E-state index in [1.807, 2.05) is 0 Å². The van der Waals surface area contributed by atoms with Crippen LogP contribution in [0.3, 0.4) is 0 Å². The molecule has 2 rings (SSSR count). The van der Waals surface area contributed by atoms with Gasteiger partial charge in [-0.1, -0.05) is 0 Å². The first-order valence-corrected chi connectivity index (χ1v) is 8.30. The largest absolute Gasteiger partial charge is 0.417 e. The average Bonchev–Trinajstić information content (AvgIpc) is 2.64. The van der Waals surface area contributed by atoms with Gasteiger partial charge >= 0.3 is 6.18 Å². The zero-order valence-corrected chi connectivity index (χ0v) is 14.5. The fourth-order valence-electron chi connectivity index (χ4n) is 2.96.